The Kier molecular flexibility index (Phi) is 7.15. The van der Waals surface area contributed by atoms with Crippen LogP contribution in [0.3, 0.4) is 0 Å². The molecule has 2 atom stereocenters. The molecule has 0 saturated heterocycles. The van der Waals surface area contributed by atoms with Crippen LogP contribution in [0.4, 0.5) is 13.2 Å². The first-order chi connectivity index (χ1) is 9.28. The Morgan fingerprint density at radius 2 is 1.67 bits per heavy atom. The van der Waals surface area contributed by atoms with E-state index in [4.69, 9.17) is 5.73 Å². The van der Waals surface area contributed by atoms with E-state index in [1.165, 1.54) is 4.90 Å². The number of nitrogens with one attached hydrogen (secondary N) is 1. The number of rotatable bonds is 8. The molecule has 0 aromatic heterocycles. The van der Waals surface area contributed by atoms with E-state index in [1.54, 1.807) is 27.7 Å². The van der Waals surface area contributed by atoms with Gasteiger partial charge in [0.15, 0.2) is 0 Å². The van der Waals surface area contributed by atoms with Gasteiger partial charge in [0.05, 0.1) is 12.1 Å². The Morgan fingerprint density at radius 1 is 1.19 bits per heavy atom. The molecule has 0 rings (SSSR count). The fourth-order valence-electron chi connectivity index (χ4n) is 2.63. The zero-order chi connectivity index (χ0) is 17.0. The van der Waals surface area contributed by atoms with Crippen molar-refractivity contribution in [2.45, 2.75) is 77.8 Å². The summed E-state index contributed by atoms with van der Waals surface area (Å²) in [4.78, 5) is 13.0. The lowest BCUT2D eigenvalue weighted by atomic mass is 9.90. The number of hydrogen-bond acceptors (Lipinski definition) is 3. The van der Waals surface area contributed by atoms with Crippen molar-refractivity contribution >= 4 is 5.91 Å². The highest BCUT2D eigenvalue weighted by molar-refractivity contribution is 5.84. The third-order valence-electron chi connectivity index (χ3n) is 3.45. The number of alkyl halides is 3. The average Bonchev–Trinajstić information content (AvgIpc) is 2.22. The van der Waals surface area contributed by atoms with Gasteiger partial charge in [-0.1, -0.05) is 0 Å². The largest absolute Gasteiger partial charge is 0.401 e. The summed E-state index contributed by atoms with van der Waals surface area (Å²) in [5, 5.41) is 3.06. The van der Waals surface area contributed by atoms with Crippen molar-refractivity contribution in [3.63, 3.8) is 0 Å². The summed E-state index contributed by atoms with van der Waals surface area (Å²) in [5.74, 6) is -0.557. The predicted molar refractivity (Wildman–Crippen MR) is 77.8 cm³/mol. The lowest BCUT2D eigenvalue weighted by Crippen LogP contribution is -2.59. The summed E-state index contributed by atoms with van der Waals surface area (Å²) in [6, 6.07) is -0.710. The van der Waals surface area contributed by atoms with Crippen LogP contribution in [0, 0.1) is 0 Å². The zero-order valence-corrected chi connectivity index (χ0v) is 13.7. The topological polar surface area (TPSA) is 58.4 Å². The van der Waals surface area contributed by atoms with Crippen LogP contribution < -0.4 is 11.1 Å². The molecule has 0 aliphatic heterocycles. The average molecular weight is 311 g/mol. The molecule has 3 N–H and O–H groups in total. The standard InChI is InChI=1S/C14H28F3N3O/c1-9(2)19-13(6,12(18)21)7-11(5)20(10(3)4)8-14(15,16)17/h9-11,19H,7-8H2,1-6H3,(H2,18,21). The van der Waals surface area contributed by atoms with E-state index in [2.05, 4.69) is 5.32 Å². The molecule has 7 heteroatoms. The molecule has 2 unspecified atom stereocenters. The summed E-state index contributed by atoms with van der Waals surface area (Å²) in [5.41, 5.74) is 4.39. The summed E-state index contributed by atoms with van der Waals surface area (Å²) >= 11 is 0. The van der Waals surface area contributed by atoms with Crippen molar-refractivity contribution in [2.24, 2.45) is 5.73 Å². The molecular weight excluding hydrogens is 283 g/mol. The van der Waals surface area contributed by atoms with Crippen molar-refractivity contribution in [2.75, 3.05) is 6.54 Å². The van der Waals surface area contributed by atoms with E-state index in [0.29, 0.717) is 0 Å². The Balaban J connectivity index is 5.09. The molecule has 0 fully saturated rings. The highest BCUT2D eigenvalue weighted by atomic mass is 19.4. The molecule has 21 heavy (non-hydrogen) atoms. The van der Waals surface area contributed by atoms with Gasteiger partial charge in [-0.25, -0.2) is 0 Å². The molecule has 0 saturated carbocycles. The van der Waals surface area contributed by atoms with Crippen molar-refractivity contribution in [1.82, 2.24) is 10.2 Å². The number of carbonyl (C=O) groups is 1. The second-order valence-electron chi connectivity index (χ2n) is 6.43. The molecule has 0 radical (unpaired) electrons. The number of hydrogen-bond donors (Lipinski definition) is 2. The maximum atomic E-state index is 12.7. The lowest BCUT2D eigenvalue weighted by molar-refractivity contribution is -0.155. The molecule has 0 aliphatic rings. The zero-order valence-electron chi connectivity index (χ0n) is 13.7. The lowest BCUT2D eigenvalue weighted by Gasteiger charge is -2.39. The second kappa shape index (κ2) is 7.45. The number of nitrogens with two attached hydrogens (primary N) is 1. The fourth-order valence-corrected chi connectivity index (χ4v) is 2.63. The van der Waals surface area contributed by atoms with E-state index in [-0.39, 0.29) is 18.5 Å². The normalized spacial score (nSPS) is 17.3. The summed E-state index contributed by atoms with van der Waals surface area (Å²) in [7, 11) is 0. The van der Waals surface area contributed by atoms with Crippen molar-refractivity contribution in [1.29, 1.82) is 0 Å². The van der Waals surface area contributed by atoms with E-state index >= 15 is 0 Å². The van der Waals surface area contributed by atoms with Crippen molar-refractivity contribution in [3.8, 4) is 0 Å². The van der Waals surface area contributed by atoms with E-state index in [0.717, 1.165) is 0 Å². The minimum atomic E-state index is -4.27. The van der Waals surface area contributed by atoms with Crippen LogP contribution in [0.2, 0.25) is 0 Å². The van der Waals surface area contributed by atoms with Gasteiger partial charge in [-0.2, -0.15) is 13.2 Å². The van der Waals surface area contributed by atoms with E-state index < -0.39 is 30.2 Å². The highest BCUT2D eigenvalue weighted by Crippen LogP contribution is 2.24. The quantitative estimate of drug-likeness (QED) is 0.723. The SMILES string of the molecule is CC(C)NC(C)(CC(C)N(CC(F)(F)F)C(C)C)C(N)=O. The smallest absolute Gasteiger partial charge is 0.368 e. The molecule has 1 amide bonds. The molecule has 0 aromatic carbocycles. The molecule has 0 aliphatic carbocycles. The molecule has 0 aromatic rings. The minimum absolute atomic E-state index is 0.00446. The maximum Gasteiger partial charge on any atom is 0.401 e. The predicted octanol–water partition coefficient (Wildman–Crippen LogP) is 2.28. The number of halogens is 3. The molecule has 0 bridgehead atoms. The number of amides is 1. The summed E-state index contributed by atoms with van der Waals surface area (Å²) in [6.45, 7) is 9.47. The first-order valence-corrected chi connectivity index (χ1v) is 7.18. The Labute approximate surface area is 125 Å². The maximum absolute atomic E-state index is 12.7. The van der Waals surface area contributed by atoms with Gasteiger partial charge in [0.25, 0.3) is 0 Å². The van der Waals surface area contributed by atoms with E-state index in [9.17, 15) is 18.0 Å². The molecule has 0 heterocycles. The van der Waals surface area contributed by atoms with Crippen molar-refractivity contribution < 1.29 is 18.0 Å². The van der Waals surface area contributed by atoms with Crippen LogP contribution in [0.25, 0.3) is 0 Å². The Bertz CT molecular complexity index is 345. The Morgan fingerprint density at radius 3 is 1.95 bits per heavy atom. The van der Waals surface area contributed by atoms with Crippen molar-refractivity contribution in [3.05, 3.63) is 0 Å². The molecular formula is C14H28F3N3O. The van der Waals surface area contributed by atoms with Crippen LogP contribution >= 0.6 is 0 Å². The molecule has 0 spiro atoms. The van der Waals surface area contributed by atoms with E-state index in [1.807, 2.05) is 13.8 Å². The number of primary amides is 1. The van der Waals surface area contributed by atoms with Crippen LogP contribution in [-0.2, 0) is 4.79 Å². The summed E-state index contributed by atoms with van der Waals surface area (Å²) in [6.07, 6.45) is -4.05. The van der Waals surface area contributed by atoms with Gasteiger partial charge in [-0.15, -0.1) is 0 Å². The van der Waals surface area contributed by atoms with Gasteiger partial charge >= 0.3 is 6.18 Å². The molecule has 4 nitrogen and oxygen atoms in total. The van der Waals surface area contributed by atoms with Gasteiger partial charge in [0.2, 0.25) is 5.91 Å². The van der Waals surface area contributed by atoms with Gasteiger partial charge in [0, 0.05) is 18.1 Å². The second-order valence-corrected chi connectivity index (χ2v) is 6.43. The fraction of sp³-hybridized carbons (Fsp3) is 0.929. The molecule has 126 valence electrons. The number of nitrogens with zero attached hydrogens (tertiary/aromatic N) is 1. The third-order valence-corrected chi connectivity index (χ3v) is 3.45. The highest BCUT2D eigenvalue weighted by Gasteiger charge is 2.39. The van der Waals surface area contributed by atoms with Gasteiger partial charge in [-0.3, -0.25) is 9.69 Å². The van der Waals surface area contributed by atoms with Crippen LogP contribution in [-0.4, -0.2) is 47.2 Å². The number of carbonyl (C=O) groups excluding carboxylic acids is 1. The first kappa shape index (κ1) is 20.2. The minimum Gasteiger partial charge on any atom is -0.368 e. The van der Waals surface area contributed by atoms with Crippen LogP contribution in [0.5, 0.6) is 0 Å². The van der Waals surface area contributed by atoms with Gasteiger partial charge < -0.3 is 11.1 Å². The first-order valence-electron chi connectivity index (χ1n) is 7.18. The Hall–Kier alpha value is -0.820. The van der Waals surface area contributed by atoms with Gasteiger partial charge in [0.1, 0.15) is 0 Å². The third kappa shape index (κ3) is 7.13. The van der Waals surface area contributed by atoms with Gasteiger partial charge in [-0.05, 0) is 48.0 Å². The van der Waals surface area contributed by atoms with Crippen LogP contribution in [0.1, 0.15) is 48.0 Å². The summed E-state index contributed by atoms with van der Waals surface area (Å²) < 4.78 is 38.0. The van der Waals surface area contributed by atoms with Crippen LogP contribution in [0.15, 0.2) is 0 Å². The monoisotopic (exact) mass is 311 g/mol.